The van der Waals surface area contributed by atoms with Crippen LogP contribution >= 0.6 is 11.6 Å². The van der Waals surface area contributed by atoms with Crippen molar-refractivity contribution in [2.45, 2.75) is 19.8 Å². The van der Waals surface area contributed by atoms with Crippen LogP contribution in [0.4, 0.5) is 0 Å². The van der Waals surface area contributed by atoms with Gasteiger partial charge in [-0.1, -0.05) is 49.7 Å². The summed E-state index contributed by atoms with van der Waals surface area (Å²) in [6.45, 7) is 4.31. The Kier molecular flexibility index (Phi) is 3.58. The lowest BCUT2D eigenvalue weighted by molar-refractivity contribution is 0.861. The first-order valence-corrected chi connectivity index (χ1v) is 6.33. The molecule has 1 aromatic heterocycles. The molecule has 0 aliphatic carbocycles. The maximum Gasteiger partial charge on any atom is 0.252 e. The second kappa shape index (κ2) is 4.99. The molecular weight excluding hydrogens is 246 g/mol. The fourth-order valence-electron chi connectivity index (χ4n) is 1.83. The van der Waals surface area contributed by atoms with Crippen LogP contribution in [0.1, 0.15) is 25.3 Å². The molecule has 18 heavy (non-hydrogen) atoms. The summed E-state index contributed by atoms with van der Waals surface area (Å²) in [4.78, 5) is 11.7. The molecule has 0 aliphatic rings. The van der Waals surface area contributed by atoms with Crippen LogP contribution in [0.25, 0.3) is 11.1 Å². The molecular formula is C15H16ClNO. The topological polar surface area (TPSA) is 22.0 Å². The van der Waals surface area contributed by atoms with Crippen molar-refractivity contribution < 1.29 is 0 Å². The van der Waals surface area contributed by atoms with Crippen molar-refractivity contribution in [3.05, 3.63) is 57.5 Å². The van der Waals surface area contributed by atoms with E-state index in [1.54, 1.807) is 13.1 Å². The van der Waals surface area contributed by atoms with Crippen LogP contribution in [0.5, 0.6) is 0 Å². The van der Waals surface area contributed by atoms with Gasteiger partial charge in [0.1, 0.15) is 5.15 Å². The van der Waals surface area contributed by atoms with Crippen LogP contribution in [0.3, 0.4) is 0 Å². The molecule has 1 heterocycles. The van der Waals surface area contributed by atoms with Gasteiger partial charge in [-0.3, -0.25) is 4.79 Å². The number of pyridine rings is 1. The third kappa shape index (κ3) is 2.49. The zero-order chi connectivity index (χ0) is 13.3. The summed E-state index contributed by atoms with van der Waals surface area (Å²) in [6, 6.07) is 11.7. The van der Waals surface area contributed by atoms with Gasteiger partial charge in [0.05, 0.1) is 0 Å². The summed E-state index contributed by atoms with van der Waals surface area (Å²) in [6.07, 6.45) is 0. The Morgan fingerprint density at radius 3 is 2.17 bits per heavy atom. The molecule has 2 aromatic rings. The highest BCUT2D eigenvalue weighted by molar-refractivity contribution is 6.29. The minimum atomic E-state index is -0.0922. The molecule has 3 heteroatoms. The van der Waals surface area contributed by atoms with Gasteiger partial charge in [0, 0.05) is 13.1 Å². The molecule has 0 aliphatic heterocycles. The first-order valence-electron chi connectivity index (χ1n) is 5.96. The molecule has 0 saturated carbocycles. The Morgan fingerprint density at radius 2 is 1.67 bits per heavy atom. The number of hydrogen-bond donors (Lipinski definition) is 0. The van der Waals surface area contributed by atoms with Gasteiger partial charge in [-0.25, -0.2) is 0 Å². The lowest BCUT2D eigenvalue weighted by Crippen LogP contribution is -2.15. The zero-order valence-electron chi connectivity index (χ0n) is 10.8. The molecule has 0 saturated heterocycles. The minimum Gasteiger partial charge on any atom is -0.302 e. The quantitative estimate of drug-likeness (QED) is 0.753. The number of hydrogen-bond acceptors (Lipinski definition) is 1. The summed E-state index contributed by atoms with van der Waals surface area (Å²) >= 11 is 6.01. The maximum atomic E-state index is 11.7. The average molecular weight is 262 g/mol. The Morgan fingerprint density at radius 1 is 1.06 bits per heavy atom. The molecule has 0 unspecified atom stereocenters. The van der Waals surface area contributed by atoms with Crippen LogP contribution in [0.2, 0.25) is 5.15 Å². The molecule has 0 radical (unpaired) electrons. The van der Waals surface area contributed by atoms with Crippen molar-refractivity contribution in [3.63, 3.8) is 0 Å². The van der Waals surface area contributed by atoms with Crippen molar-refractivity contribution >= 4 is 11.6 Å². The molecule has 0 fully saturated rings. The number of halogens is 1. The maximum absolute atomic E-state index is 11.7. The highest BCUT2D eigenvalue weighted by Crippen LogP contribution is 2.23. The van der Waals surface area contributed by atoms with E-state index >= 15 is 0 Å². The second-order valence-corrected chi connectivity index (χ2v) is 5.13. The minimum absolute atomic E-state index is 0.0922. The number of aromatic nitrogens is 1. The van der Waals surface area contributed by atoms with Gasteiger partial charge in [0.15, 0.2) is 0 Å². The number of nitrogens with zero attached hydrogens (tertiary/aromatic N) is 1. The zero-order valence-corrected chi connectivity index (χ0v) is 11.5. The van der Waals surface area contributed by atoms with Crippen molar-refractivity contribution in [3.8, 4) is 11.1 Å². The number of rotatable bonds is 2. The van der Waals surface area contributed by atoms with E-state index in [9.17, 15) is 4.79 Å². The Labute approximate surface area is 112 Å². The number of benzene rings is 1. The van der Waals surface area contributed by atoms with Crippen LogP contribution in [0.15, 0.2) is 41.2 Å². The molecule has 0 amide bonds. The predicted octanol–water partition coefficient (Wildman–Crippen LogP) is 3.83. The molecule has 0 spiro atoms. The molecule has 1 aromatic carbocycles. The summed E-state index contributed by atoms with van der Waals surface area (Å²) in [7, 11) is 1.66. The monoisotopic (exact) mass is 261 g/mol. The van der Waals surface area contributed by atoms with E-state index in [1.807, 2.05) is 18.2 Å². The average Bonchev–Trinajstić information content (AvgIpc) is 2.35. The van der Waals surface area contributed by atoms with E-state index in [1.165, 1.54) is 10.1 Å². The third-order valence-electron chi connectivity index (χ3n) is 3.12. The molecule has 2 nitrogen and oxygen atoms in total. The van der Waals surface area contributed by atoms with Crippen LogP contribution in [-0.4, -0.2) is 4.57 Å². The van der Waals surface area contributed by atoms with Crippen LogP contribution in [0, 0.1) is 0 Å². The third-order valence-corrected chi connectivity index (χ3v) is 3.48. The molecule has 2 rings (SSSR count). The van der Waals surface area contributed by atoms with Gasteiger partial charge < -0.3 is 4.57 Å². The summed E-state index contributed by atoms with van der Waals surface area (Å²) in [5.41, 5.74) is 3.07. The van der Waals surface area contributed by atoms with Crippen molar-refractivity contribution in [1.82, 2.24) is 4.57 Å². The van der Waals surface area contributed by atoms with E-state index < -0.39 is 0 Å². The van der Waals surface area contributed by atoms with Gasteiger partial charge in [-0.05, 0) is 28.7 Å². The normalized spacial score (nSPS) is 10.9. The Balaban J connectivity index is 2.46. The highest BCUT2D eigenvalue weighted by atomic mass is 35.5. The predicted molar refractivity (Wildman–Crippen MR) is 76.2 cm³/mol. The Bertz CT molecular complexity index is 611. The van der Waals surface area contributed by atoms with Crippen LogP contribution < -0.4 is 5.56 Å². The summed E-state index contributed by atoms with van der Waals surface area (Å²) < 4.78 is 1.42. The highest BCUT2D eigenvalue weighted by Gasteiger charge is 2.05. The summed E-state index contributed by atoms with van der Waals surface area (Å²) in [5, 5.41) is 0.449. The molecule has 0 atom stereocenters. The first kappa shape index (κ1) is 12.9. The fourth-order valence-corrected chi connectivity index (χ4v) is 2.03. The van der Waals surface area contributed by atoms with E-state index in [2.05, 4.69) is 26.0 Å². The SMILES string of the molecule is CC(C)c1ccc(-c2cc(Cl)n(C)c(=O)c2)cc1. The molecule has 0 N–H and O–H groups in total. The van der Waals surface area contributed by atoms with Crippen LogP contribution in [-0.2, 0) is 7.05 Å². The van der Waals surface area contributed by atoms with Crippen molar-refractivity contribution in [1.29, 1.82) is 0 Å². The first-order chi connectivity index (χ1) is 8.49. The van der Waals surface area contributed by atoms with Gasteiger partial charge in [0.25, 0.3) is 5.56 Å². The van der Waals surface area contributed by atoms with E-state index in [0.29, 0.717) is 11.1 Å². The fraction of sp³-hybridized carbons (Fsp3) is 0.267. The van der Waals surface area contributed by atoms with E-state index in [0.717, 1.165) is 11.1 Å². The second-order valence-electron chi connectivity index (χ2n) is 4.74. The lowest BCUT2D eigenvalue weighted by atomic mass is 9.99. The van der Waals surface area contributed by atoms with Gasteiger partial charge in [-0.15, -0.1) is 0 Å². The molecule has 94 valence electrons. The van der Waals surface area contributed by atoms with Gasteiger partial charge in [-0.2, -0.15) is 0 Å². The van der Waals surface area contributed by atoms with Gasteiger partial charge >= 0.3 is 0 Å². The largest absolute Gasteiger partial charge is 0.302 e. The van der Waals surface area contributed by atoms with Crippen molar-refractivity contribution in [2.24, 2.45) is 7.05 Å². The standard InChI is InChI=1S/C15H16ClNO/c1-10(2)11-4-6-12(7-5-11)13-8-14(16)17(3)15(18)9-13/h4-10H,1-3H3. The van der Waals surface area contributed by atoms with E-state index in [4.69, 9.17) is 11.6 Å². The lowest BCUT2D eigenvalue weighted by Gasteiger charge is -2.08. The Hall–Kier alpha value is -1.54. The smallest absolute Gasteiger partial charge is 0.252 e. The molecule has 0 bridgehead atoms. The van der Waals surface area contributed by atoms with Gasteiger partial charge in [0.2, 0.25) is 0 Å². The van der Waals surface area contributed by atoms with Crippen molar-refractivity contribution in [2.75, 3.05) is 0 Å². The summed E-state index contributed by atoms with van der Waals surface area (Å²) in [5.74, 6) is 0.506. The van der Waals surface area contributed by atoms with E-state index in [-0.39, 0.29) is 5.56 Å².